The van der Waals surface area contributed by atoms with E-state index in [0.717, 1.165) is 16.6 Å². The molecule has 0 unspecified atom stereocenters. The Labute approximate surface area is 124 Å². The Balaban J connectivity index is 1.88. The molecule has 2 aromatic heterocycles. The van der Waals surface area contributed by atoms with Crippen molar-refractivity contribution in [3.05, 3.63) is 30.0 Å². The third-order valence-corrected chi connectivity index (χ3v) is 4.92. The summed E-state index contributed by atoms with van der Waals surface area (Å²) in [6.07, 6.45) is 8.65. The number of allylic oxidation sites excluding steroid dienone is 1. The maximum atomic E-state index is 10.0. The largest absolute Gasteiger partial charge is 0.552 e. The molecule has 2 atom stereocenters. The highest BCUT2D eigenvalue weighted by atomic mass is 16.5. The number of nitrogens with zero attached hydrogens (tertiary/aromatic N) is 1. The second kappa shape index (κ2) is 4.91. The zero-order valence-corrected chi connectivity index (χ0v) is 12.2. The van der Waals surface area contributed by atoms with Gasteiger partial charge in [-0.05, 0) is 35.9 Å². The van der Waals surface area contributed by atoms with Crippen molar-refractivity contribution in [2.75, 3.05) is 0 Å². The summed E-state index contributed by atoms with van der Waals surface area (Å²) in [5, 5.41) is 11.1. The number of fused-ring (bicyclic) bond motifs is 3. The first-order valence-corrected chi connectivity index (χ1v) is 7.77. The van der Waals surface area contributed by atoms with Gasteiger partial charge >= 0.3 is 7.12 Å². The number of rotatable bonds is 1. The number of aromatic amines is 1. The molecule has 4 rings (SSSR count). The van der Waals surface area contributed by atoms with Gasteiger partial charge < -0.3 is 14.7 Å². The number of hydrogen-bond donors (Lipinski definition) is 2. The van der Waals surface area contributed by atoms with Crippen LogP contribution in [0, 0.1) is 11.8 Å². The summed E-state index contributed by atoms with van der Waals surface area (Å²) in [5.74, 6) is 3.73. The van der Waals surface area contributed by atoms with Gasteiger partial charge in [0, 0.05) is 17.1 Å². The summed E-state index contributed by atoms with van der Waals surface area (Å²) in [6.45, 7) is 2.32. The Hall–Kier alpha value is -1.75. The zero-order chi connectivity index (χ0) is 14.4. The van der Waals surface area contributed by atoms with Crippen LogP contribution in [0.15, 0.2) is 24.4 Å². The molecule has 21 heavy (non-hydrogen) atoms. The van der Waals surface area contributed by atoms with Crippen LogP contribution in [0.4, 0.5) is 0 Å². The van der Waals surface area contributed by atoms with Gasteiger partial charge in [-0.3, -0.25) is 0 Å². The van der Waals surface area contributed by atoms with Crippen LogP contribution < -0.4 is 4.65 Å². The summed E-state index contributed by atoms with van der Waals surface area (Å²) in [7, 11) is -0.861. The summed E-state index contributed by atoms with van der Waals surface area (Å²) < 4.78 is 5.57. The minimum absolute atomic E-state index is 0.497. The third-order valence-electron chi connectivity index (χ3n) is 4.92. The van der Waals surface area contributed by atoms with Crippen LogP contribution in [0.1, 0.15) is 38.2 Å². The van der Waals surface area contributed by atoms with E-state index in [1.165, 1.54) is 31.3 Å². The third kappa shape index (κ3) is 2.07. The Morgan fingerprint density at radius 1 is 1.38 bits per heavy atom. The lowest BCUT2D eigenvalue weighted by Gasteiger charge is -2.34. The highest BCUT2D eigenvalue weighted by Gasteiger charge is 2.33. The lowest BCUT2D eigenvalue weighted by atomic mass is 9.69. The molecule has 0 spiro atoms. The predicted molar refractivity (Wildman–Crippen MR) is 83.8 cm³/mol. The molecule has 0 radical (unpaired) electrons. The quantitative estimate of drug-likeness (QED) is 0.790. The highest BCUT2D eigenvalue weighted by Crippen LogP contribution is 2.45. The molecule has 0 saturated heterocycles. The van der Waals surface area contributed by atoms with Crippen molar-refractivity contribution >= 4 is 23.7 Å². The Morgan fingerprint density at radius 2 is 2.24 bits per heavy atom. The van der Waals surface area contributed by atoms with Crippen molar-refractivity contribution in [3.8, 4) is 5.75 Å². The molecular formula is C16H19BN2O2. The fourth-order valence-electron chi connectivity index (χ4n) is 3.87. The molecule has 2 aliphatic rings. The van der Waals surface area contributed by atoms with Gasteiger partial charge in [0.05, 0.1) is 6.20 Å². The van der Waals surface area contributed by atoms with Gasteiger partial charge in [-0.1, -0.05) is 26.2 Å². The second-order valence-electron chi connectivity index (χ2n) is 6.24. The molecule has 1 aliphatic carbocycles. The zero-order valence-electron chi connectivity index (χ0n) is 12.2. The lowest BCUT2D eigenvalue weighted by Crippen LogP contribution is -2.28. The molecule has 108 valence electrons. The number of H-pyrrole nitrogens is 1. The van der Waals surface area contributed by atoms with Crippen LogP contribution in [0.2, 0.25) is 0 Å². The summed E-state index contributed by atoms with van der Waals surface area (Å²) in [6, 6.07) is 2.05. The maximum Gasteiger partial charge on any atom is 0.552 e. The summed E-state index contributed by atoms with van der Waals surface area (Å²) >= 11 is 0. The van der Waals surface area contributed by atoms with Crippen LogP contribution >= 0.6 is 0 Å². The van der Waals surface area contributed by atoms with E-state index in [1.807, 2.05) is 18.2 Å². The average molecular weight is 282 g/mol. The minimum Gasteiger partial charge on any atom is -0.531 e. The molecule has 2 N–H and O–H groups in total. The Morgan fingerprint density at radius 3 is 3.10 bits per heavy atom. The molecule has 4 nitrogen and oxygen atoms in total. The monoisotopic (exact) mass is 282 g/mol. The molecule has 1 aliphatic heterocycles. The van der Waals surface area contributed by atoms with Gasteiger partial charge in [-0.25, -0.2) is 4.98 Å². The second-order valence-corrected chi connectivity index (χ2v) is 6.24. The van der Waals surface area contributed by atoms with Crippen LogP contribution in [0.25, 0.3) is 16.6 Å². The molecule has 3 heterocycles. The molecule has 0 aromatic carbocycles. The molecule has 0 bridgehead atoms. The lowest BCUT2D eigenvalue weighted by molar-refractivity contribution is 0.314. The highest BCUT2D eigenvalue weighted by molar-refractivity contribution is 6.52. The number of nitrogens with one attached hydrogen (secondary N) is 1. The first-order valence-electron chi connectivity index (χ1n) is 7.77. The van der Waals surface area contributed by atoms with Gasteiger partial charge in [-0.2, -0.15) is 0 Å². The number of pyridine rings is 1. The van der Waals surface area contributed by atoms with E-state index in [4.69, 9.17) is 4.65 Å². The van der Waals surface area contributed by atoms with E-state index in [9.17, 15) is 5.02 Å². The van der Waals surface area contributed by atoms with Crippen molar-refractivity contribution < 1.29 is 9.68 Å². The van der Waals surface area contributed by atoms with E-state index in [2.05, 4.69) is 16.9 Å². The predicted octanol–water partition coefficient (Wildman–Crippen LogP) is 3.18. The molecular weight excluding hydrogens is 263 g/mol. The van der Waals surface area contributed by atoms with Crippen LogP contribution in [0.5, 0.6) is 5.75 Å². The van der Waals surface area contributed by atoms with Gasteiger partial charge in [0.25, 0.3) is 0 Å². The normalized spacial score (nSPS) is 25.4. The van der Waals surface area contributed by atoms with Crippen molar-refractivity contribution in [2.45, 2.75) is 32.6 Å². The van der Waals surface area contributed by atoms with E-state index in [0.29, 0.717) is 17.6 Å². The minimum atomic E-state index is -0.861. The molecule has 2 aromatic rings. The summed E-state index contributed by atoms with van der Waals surface area (Å²) in [5.41, 5.74) is 3.23. The van der Waals surface area contributed by atoms with Gasteiger partial charge in [-0.15, -0.1) is 0 Å². The molecule has 1 saturated carbocycles. The summed E-state index contributed by atoms with van der Waals surface area (Å²) in [4.78, 5) is 7.53. The van der Waals surface area contributed by atoms with E-state index >= 15 is 0 Å². The maximum absolute atomic E-state index is 10.0. The standard InChI is InChI=1S/C16H19BN2O2/c1-10-4-2-3-5-11(10)13-8-17(20)21-14-9-19-16-12(15(13)14)6-7-18-16/h6-11,20H,2-5H2,1H3,(H,18,19)/t10-,11+/m0/s1. The van der Waals surface area contributed by atoms with E-state index in [-0.39, 0.29) is 0 Å². The topological polar surface area (TPSA) is 58.1 Å². The fraction of sp³-hybridized carbons (Fsp3) is 0.438. The van der Waals surface area contributed by atoms with Crippen molar-refractivity contribution in [1.82, 2.24) is 9.97 Å². The van der Waals surface area contributed by atoms with Crippen LogP contribution in [-0.4, -0.2) is 22.1 Å². The molecule has 0 amide bonds. The first-order chi connectivity index (χ1) is 10.2. The first kappa shape index (κ1) is 13.0. The SMILES string of the molecule is C[C@H]1CCCC[C@H]1C1=CB(O)Oc2cnc3[nH]ccc3c21. The number of hydrogen-bond acceptors (Lipinski definition) is 3. The van der Waals surface area contributed by atoms with E-state index in [1.54, 1.807) is 6.20 Å². The van der Waals surface area contributed by atoms with Gasteiger partial charge in [0.2, 0.25) is 0 Å². The van der Waals surface area contributed by atoms with Crippen molar-refractivity contribution in [1.29, 1.82) is 0 Å². The van der Waals surface area contributed by atoms with Crippen LogP contribution in [0.3, 0.4) is 0 Å². The van der Waals surface area contributed by atoms with Crippen molar-refractivity contribution in [2.24, 2.45) is 11.8 Å². The molecule has 5 heteroatoms. The van der Waals surface area contributed by atoms with Crippen molar-refractivity contribution in [3.63, 3.8) is 0 Å². The fourth-order valence-corrected chi connectivity index (χ4v) is 3.87. The Bertz CT molecular complexity index is 709. The molecule has 1 fully saturated rings. The van der Waals surface area contributed by atoms with E-state index < -0.39 is 7.12 Å². The number of aromatic nitrogens is 2. The van der Waals surface area contributed by atoms with Gasteiger partial charge in [0.1, 0.15) is 11.4 Å². The van der Waals surface area contributed by atoms with Crippen LogP contribution in [-0.2, 0) is 0 Å². The smallest absolute Gasteiger partial charge is 0.531 e. The Kier molecular flexibility index (Phi) is 3.03. The van der Waals surface area contributed by atoms with Gasteiger partial charge in [0.15, 0.2) is 0 Å². The average Bonchev–Trinajstić information content (AvgIpc) is 2.95.